The SMILES string of the molecule is CCN(CC(=O)O)C1CC(NC(=O)c2ccc(OC)c(Br)c2)C1. The molecule has 0 spiro atoms. The lowest BCUT2D eigenvalue weighted by Crippen LogP contribution is -2.54. The Morgan fingerprint density at radius 2 is 2.13 bits per heavy atom. The standard InChI is InChI=1S/C16H21BrN2O4/c1-3-19(9-15(20)21)12-7-11(8-12)18-16(22)10-4-5-14(23-2)13(17)6-10/h4-6,11-12H,3,7-9H2,1-2H3,(H,18,22)(H,20,21). The van der Waals surface area contributed by atoms with Gasteiger partial charge < -0.3 is 15.2 Å². The van der Waals surface area contributed by atoms with Crippen molar-refractivity contribution >= 4 is 27.8 Å². The number of halogens is 1. The minimum absolute atomic E-state index is 0.0489. The number of carboxylic acid groups (broad SMARTS) is 1. The number of methoxy groups -OCH3 is 1. The normalized spacial score (nSPS) is 20.0. The fourth-order valence-corrected chi connectivity index (χ4v) is 3.29. The van der Waals surface area contributed by atoms with Crippen LogP contribution in [0.25, 0.3) is 0 Å². The monoisotopic (exact) mass is 384 g/mol. The number of rotatable bonds is 7. The molecule has 23 heavy (non-hydrogen) atoms. The van der Waals surface area contributed by atoms with Gasteiger partial charge in [0.25, 0.3) is 5.91 Å². The van der Waals surface area contributed by atoms with E-state index in [0.29, 0.717) is 17.9 Å². The molecule has 0 aliphatic heterocycles. The van der Waals surface area contributed by atoms with Crippen LogP contribution in [-0.2, 0) is 4.79 Å². The van der Waals surface area contributed by atoms with Crippen LogP contribution in [0.3, 0.4) is 0 Å². The van der Waals surface area contributed by atoms with Crippen molar-refractivity contribution in [2.24, 2.45) is 0 Å². The van der Waals surface area contributed by atoms with E-state index in [0.717, 1.165) is 17.3 Å². The zero-order valence-corrected chi connectivity index (χ0v) is 14.8. The first kappa shape index (κ1) is 17.7. The summed E-state index contributed by atoms with van der Waals surface area (Å²) >= 11 is 3.37. The van der Waals surface area contributed by atoms with Crippen LogP contribution in [0.4, 0.5) is 0 Å². The molecule has 1 aliphatic carbocycles. The Morgan fingerprint density at radius 3 is 2.65 bits per heavy atom. The highest BCUT2D eigenvalue weighted by atomic mass is 79.9. The van der Waals surface area contributed by atoms with Crippen molar-refractivity contribution in [1.29, 1.82) is 0 Å². The maximum Gasteiger partial charge on any atom is 0.317 e. The Balaban J connectivity index is 1.86. The lowest BCUT2D eigenvalue weighted by Gasteiger charge is -2.42. The van der Waals surface area contributed by atoms with E-state index < -0.39 is 5.97 Å². The maximum absolute atomic E-state index is 12.2. The topological polar surface area (TPSA) is 78.9 Å². The number of carboxylic acids is 1. The molecule has 1 amide bonds. The molecular formula is C16H21BrN2O4. The third-order valence-corrected chi connectivity index (χ3v) is 4.74. The molecule has 6 nitrogen and oxygen atoms in total. The summed E-state index contributed by atoms with van der Waals surface area (Å²) in [5.41, 5.74) is 0.569. The van der Waals surface area contributed by atoms with Gasteiger partial charge in [-0.25, -0.2) is 0 Å². The molecule has 2 N–H and O–H groups in total. The number of carbonyl (C=O) groups excluding carboxylic acids is 1. The molecule has 0 heterocycles. The fourth-order valence-electron chi connectivity index (χ4n) is 2.75. The molecule has 1 fully saturated rings. The minimum Gasteiger partial charge on any atom is -0.496 e. The Hall–Kier alpha value is -1.60. The molecule has 1 aromatic rings. The van der Waals surface area contributed by atoms with E-state index in [9.17, 15) is 9.59 Å². The van der Waals surface area contributed by atoms with Gasteiger partial charge in [0.2, 0.25) is 0 Å². The van der Waals surface area contributed by atoms with Crippen LogP contribution in [0.2, 0.25) is 0 Å². The lowest BCUT2D eigenvalue weighted by molar-refractivity contribution is -0.139. The molecule has 1 aromatic carbocycles. The predicted octanol–water partition coefficient (Wildman–Crippen LogP) is 2.13. The summed E-state index contributed by atoms with van der Waals surface area (Å²) in [7, 11) is 1.57. The molecule has 0 aromatic heterocycles. The van der Waals surface area contributed by atoms with Crippen molar-refractivity contribution in [2.75, 3.05) is 20.2 Å². The number of carbonyl (C=O) groups is 2. The first-order valence-electron chi connectivity index (χ1n) is 7.54. The van der Waals surface area contributed by atoms with Crippen molar-refractivity contribution in [1.82, 2.24) is 10.2 Å². The summed E-state index contributed by atoms with van der Waals surface area (Å²) in [5.74, 6) is -0.266. The summed E-state index contributed by atoms with van der Waals surface area (Å²) in [5, 5.41) is 11.9. The van der Waals surface area contributed by atoms with E-state index in [1.807, 2.05) is 11.8 Å². The highest BCUT2D eigenvalue weighted by Gasteiger charge is 2.34. The number of nitrogens with one attached hydrogen (secondary N) is 1. The van der Waals surface area contributed by atoms with E-state index in [1.165, 1.54) is 0 Å². The van der Waals surface area contributed by atoms with Gasteiger partial charge in [-0.1, -0.05) is 6.92 Å². The van der Waals surface area contributed by atoms with Gasteiger partial charge in [-0.3, -0.25) is 14.5 Å². The van der Waals surface area contributed by atoms with E-state index in [-0.39, 0.29) is 24.5 Å². The summed E-state index contributed by atoms with van der Waals surface area (Å²) in [4.78, 5) is 25.0. The largest absolute Gasteiger partial charge is 0.496 e. The number of aliphatic carboxylic acids is 1. The fraction of sp³-hybridized carbons (Fsp3) is 0.500. The second-order valence-electron chi connectivity index (χ2n) is 5.60. The smallest absolute Gasteiger partial charge is 0.317 e. The van der Waals surface area contributed by atoms with Crippen molar-refractivity contribution in [3.05, 3.63) is 28.2 Å². The molecule has 0 atom stereocenters. The molecule has 1 aliphatic rings. The molecule has 0 saturated heterocycles. The Bertz CT molecular complexity index is 587. The minimum atomic E-state index is -0.817. The first-order chi connectivity index (χ1) is 10.9. The van der Waals surface area contributed by atoms with Gasteiger partial charge in [-0.05, 0) is 53.5 Å². The van der Waals surface area contributed by atoms with Gasteiger partial charge in [0.05, 0.1) is 18.1 Å². The Labute approximate surface area is 143 Å². The van der Waals surface area contributed by atoms with Crippen LogP contribution in [-0.4, -0.2) is 54.2 Å². The molecule has 0 radical (unpaired) electrons. The second kappa shape index (κ2) is 7.79. The molecular weight excluding hydrogens is 364 g/mol. The molecule has 2 rings (SSSR count). The van der Waals surface area contributed by atoms with Crippen molar-refractivity contribution in [3.63, 3.8) is 0 Å². The molecule has 126 valence electrons. The van der Waals surface area contributed by atoms with Gasteiger partial charge in [-0.2, -0.15) is 0 Å². The van der Waals surface area contributed by atoms with Gasteiger partial charge in [0.15, 0.2) is 0 Å². The third kappa shape index (κ3) is 4.45. The molecule has 1 saturated carbocycles. The summed E-state index contributed by atoms with van der Waals surface area (Å²) in [6.45, 7) is 2.69. The maximum atomic E-state index is 12.2. The summed E-state index contributed by atoms with van der Waals surface area (Å²) in [6.07, 6.45) is 1.56. The van der Waals surface area contributed by atoms with Crippen molar-refractivity contribution in [2.45, 2.75) is 31.8 Å². The van der Waals surface area contributed by atoms with Gasteiger partial charge in [-0.15, -0.1) is 0 Å². The van der Waals surface area contributed by atoms with Crippen LogP contribution >= 0.6 is 15.9 Å². The van der Waals surface area contributed by atoms with Crippen LogP contribution in [0.1, 0.15) is 30.1 Å². The first-order valence-corrected chi connectivity index (χ1v) is 8.34. The van der Waals surface area contributed by atoms with E-state index >= 15 is 0 Å². The van der Waals surface area contributed by atoms with Crippen LogP contribution in [0.15, 0.2) is 22.7 Å². The summed E-state index contributed by atoms with van der Waals surface area (Å²) in [6, 6.07) is 5.51. The van der Waals surface area contributed by atoms with E-state index in [4.69, 9.17) is 9.84 Å². The number of amides is 1. The quantitative estimate of drug-likeness (QED) is 0.752. The lowest BCUT2D eigenvalue weighted by atomic mass is 9.85. The third-order valence-electron chi connectivity index (χ3n) is 4.12. The van der Waals surface area contributed by atoms with E-state index in [1.54, 1.807) is 25.3 Å². The molecule has 0 unspecified atom stereocenters. The number of nitrogens with zero attached hydrogens (tertiary/aromatic N) is 1. The van der Waals surface area contributed by atoms with Crippen LogP contribution in [0.5, 0.6) is 5.75 Å². The zero-order valence-electron chi connectivity index (χ0n) is 13.2. The van der Waals surface area contributed by atoms with Crippen molar-refractivity contribution < 1.29 is 19.4 Å². The number of hydrogen-bond acceptors (Lipinski definition) is 4. The van der Waals surface area contributed by atoms with E-state index in [2.05, 4.69) is 21.2 Å². The highest BCUT2D eigenvalue weighted by Crippen LogP contribution is 2.28. The molecule has 7 heteroatoms. The summed E-state index contributed by atoms with van der Waals surface area (Å²) < 4.78 is 5.88. The number of likely N-dealkylation sites (N-methyl/N-ethyl adjacent to an activating group) is 1. The average molecular weight is 385 g/mol. The van der Waals surface area contributed by atoms with Gasteiger partial charge in [0, 0.05) is 17.6 Å². The molecule has 0 bridgehead atoms. The Kier molecular flexibility index (Phi) is 6.01. The average Bonchev–Trinajstić information content (AvgIpc) is 2.47. The van der Waals surface area contributed by atoms with Gasteiger partial charge >= 0.3 is 5.97 Å². The van der Waals surface area contributed by atoms with Crippen LogP contribution in [0, 0.1) is 0 Å². The highest BCUT2D eigenvalue weighted by molar-refractivity contribution is 9.10. The van der Waals surface area contributed by atoms with Crippen LogP contribution < -0.4 is 10.1 Å². The predicted molar refractivity (Wildman–Crippen MR) is 89.9 cm³/mol. The second-order valence-corrected chi connectivity index (χ2v) is 6.46. The number of hydrogen-bond donors (Lipinski definition) is 2. The van der Waals surface area contributed by atoms with Gasteiger partial charge in [0.1, 0.15) is 5.75 Å². The number of benzene rings is 1. The zero-order chi connectivity index (χ0) is 17.0. The van der Waals surface area contributed by atoms with Crippen molar-refractivity contribution in [3.8, 4) is 5.75 Å². The Morgan fingerprint density at radius 1 is 1.43 bits per heavy atom. The number of ether oxygens (including phenoxy) is 1.